The molecule has 1 aromatic carbocycles. The molecule has 7 heteroatoms. The maximum absolute atomic E-state index is 12.3. The van der Waals surface area contributed by atoms with Gasteiger partial charge >= 0.3 is 16.1 Å². The quantitative estimate of drug-likeness (QED) is 0.493. The van der Waals surface area contributed by atoms with Crippen LogP contribution in [-0.4, -0.2) is 13.4 Å². The van der Waals surface area contributed by atoms with Crippen LogP contribution in [0.1, 0.15) is 16.7 Å². The van der Waals surface area contributed by atoms with Crippen LogP contribution in [0, 0.1) is 20.8 Å². The molecule has 102 valence electrons. The first-order chi connectivity index (χ1) is 8.81. The van der Waals surface area contributed by atoms with Crippen LogP contribution in [0.15, 0.2) is 29.4 Å². The van der Waals surface area contributed by atoms with Gasteiger partial charge < -0.3 is 4.18 Å². The number of nitrogens with zero attached hydrogens (tertiary/aromatic N) is 1. The Balaban J connectivity index is 2.49. The molecule has 3 N–H and O–H groups in total. The molecule has 6 nitrogen and oxygen atoms in total. The molecule has 0 aliphatic carbocycles. The van der Waals surface area contributed by atoms with Gasteiger partial charge in [-0.2, -0.15) is 8.42 Å². The second kappa shape index (κ2) is 4.58. The summed E-state index contributed by atoms with van der Waals surface area (Å²) in [6.45, 7) is 5.39. The minimum Gasteiger partial charge on any atom is -0.303 e. The number of aromatic amines is 1. The van der Waals surface area contributed by atoms with Crippen molar-refractivity contribution in [2.75, 3.05) is 5.84 Å². The van der Waals surface area contributed by atoms with Gasteiger partial charge in [-0.1, -0.05) is 22.4 Å². The van der Waals surface area contributed by atoms with Crippen LogP contribution in [0.5, 0.6) is 6.01 Å². The zero-order valence-electron chi connectivity index (χ0n) is 11.0. The minimum atomic E-state index is -3.92. The number of hydrogen-bond acceptors (Lipinski definition) is 4. The maximum atomic E-state index is 12.3. The average Bonchev–Trinajstić information content (AvgIpc) is 2.61. The summed E-state index contributed by atoms with van der Waals surface area (Å²) < 4.78 is 30.7. The number of rotatable bonds is 3. The van der Waals surface area contributed by atoms with Crippen LogP contribution >= 0.6 is 0 Å². The summed E-state index contributed by atoms with van der Waals surface area (Å²) in [5.74, 6) is 5.52. The molecule has 0 spiro atoms. The predicted octanol–water partition coefficient (Wildman–Crippen LogP) is 0.709. The third-order valence-electron chi connectivity index (χ3n) is 2.72. The number of nitrogen functional groups attached to an aromatic ring is 1. The van der Waals surface area contributed by atoms with Gasteiger partial charge in [0.1, 0.15) is 11.1 Å². The van der Waals surface area contributed by atoms with E-state index >= 15 is 0 Å². The lowest BCUT2D eigenvalue weighted by atomic mass is 10.1. The fraction of sp³-hybridized carbons (Fsp3) is 0.250. The normalized spacial score (nSPS) is 11.5. The lowest BCUT2D eigenvalue weighted by Gasteiger charge is -2.10. The van der Waals surface area contributed by atoms with E-state index in [4.69, 9.17) is 10.0 Å². The van der Waals surface area contributed by atoms with Gasteiger partial charge in [0, 0.05) is 0 Å². The molecular formula is C12H16N3O3S+. The zero-order valence-corrected chi connectivity index (χ0v) is 11.8. The number of benzene rings is 1. The Kier molecular flexibility index (Phi) is 3.23. The van der Waals surface area contributed by atoms with Crippen molar-refractivity contribution in [3.8, 4) is 6.01 Å². The second-order valence-corrected chi connectivity index (χ2v) is 5.92. The van der Waals surface area contributed by atoms with Gasteiger partial charge in [0.05, 0.1) is 0 Å². The molecule has 2 aromatic rings. The highest BCUT2D eigenvalue weighted by Gasteiger charge is 2.26. The molecule has 1 heterocycles. The third-order valence-corrected chi connectivity index (χ3v) is 4.24. The summed E-state index contributed by atoms with van der Waals surface area (Å²) in [5, 5.41) is 0. The van der Waals surface area contributed by atoms with Crippen LogP contribution in [0.25, 0.3) is 0 Å². The van der Waals surface area contributed by atoms with Crippen molar-refractivity contribution in [1.82, 2.24) is 4.98 Å². The van der Waals surface area contributed by atoms with Gasteiger partial charge in [0.15, 0.2) is 6.20 Å². The smallest absolute Gasteiger partial charge is 0.303 e. The molecule has 0 unspecified atom stereocenters. The summed E-state index contributed by atoms with van der Waals surface area (Å²) in [7, 11) is -3.92. The molecular weight excluding hydrogens is 266 g/mol. The highest BCUT2D eigenvalue weighted by atomic mass is 32.2. The van der Waals surface area contributed by atoms with Crippen LogP contribution in [0.2, 0.25) is 0 Å². The number of imidazole rings is 1. The van der Waals surface area contributed by atoms with E-state index in [-0.39, 0.29) is 10.9 Å². The fourth-order valence-corrected chi connectivity index (χ4v) is 3.44. The molecule has 1 aromatic heterocycles. The van der Waals surface area contributed by atoms with Gasteiger partial charge in [-0.15, -0.1) is 0 Å². The highest BCUT2D eigenvalue weighted by Crippen LogP contribution is 2.23. The van der Waals surface area contributed by atoms with E-state index < -0.39 is 10.1 Å². The first-order valence-electron chi connectivity index (χ1n) is 5.67. The number of H-pyrrole nitrogens is 1. The molecule has 0 bridgehead atoms. The molecule has 0 aliphatic heterocycles. The average molecular weight is 282 g/mol. The van der Waals surface area contributed by atoms with E-state index in [0.29, 0.717) is 11.1 Å². The van der Waals surface area contributed by atoms with Crippen molar-refractivity contribution in [1.29, 1.82) is 0 Å². The SMILES string of the molecule is Cc1cc(C)c(S(=O)(=O)Oc2[nH]cc[n+]2N)c(C)c1. The largest absolute Gasteiger partial charge is 0.493 e. The first kappa shape index (κ1) is 13.4. The summed E-state index contributed by atoms with van der Waals surface area (Å²) in [6.07, 6.45) is 2.94. The number of nitrogens with one attached hydrogen (secondary N) is 1. The highest BCUT2D eigenvalue weighted by molar-refractivity contribution is 7.87. The Morgan fingerprint density at radius 3 is 2.26 bits per heavy atom. The summed E-state index contributed by atoms with van der Waals surface area (Å²) >= 11 is 0. The van der Waals surface area contributed by atoms with Crippen LogP contribution in [-0.2, 0) is 10.1 Å². The van der Waals surface area contributed by atoms with Crippen molar-refractivity contribution >= 4 is 10.1 Å². The van der Waals surface area contributed by atoms with Crippen molar-refractivity contribution in [2.45, 2.75) is 25.7 Å². The lowest BCUT2D eigenvalue weighted by molar-refractivity contribution is -0.641. The Morgan fingerprint density at radius 1 is 1.21 bits per heavy atom. The fourth-order valence-electron chi connectivity index (χ4n) is 2.10. The van der Waals surface area contributed by atoms with Crippen molar-refractivity contribution in [2.24, 2.45) is 0 Å². The Morgan fingerprint density at radius 2 is 1.79 bits per heavy atom. The van der Waals surface area contributed by atoms with E-state index in [0.717, 1.165) is 10.2 Å². The van der Waals surface area contributed by atoms with Crippen molar-refractivity contribution in [3.63, 3.8) is 0 Å². The van der Waals surface area contributed by atoms with Gasteiger partial charge in [-0.3, -0.25) is 5.84 Å². The molecule has 0 radical (unpaired) electrons. The van der Waals surface area contributed by atoms with E-state index in [9.17, 15) is 8.42 Å². The number of hydrogen-bond donors (Lipinski definition) is 2. The van der Waals surface area contributed by atoms with Crippen LogP contribution in [0.4, 0.5) is 0 Å². The van der Waals surface area contributed by atoms with Gasteiger partial charge in [-0.25, -0.2) is 4.98 Å². The summed E-state index contributed by atoms with van der Waals surface area (Å²) in [6, 6.07) is 3.56. The second-order valence-electron chi connectivity index (χ2n) is 4.44. The zero-order chi connectivity index (χ0) is 14.2. The van der Waals surface area contributed by atoms with Crippen molar-refractivity contribution in [3.05, 3.63) is 41.2 Å². The molecule has 0 amide bonds. The van der Waals surface area contributed by atoms with Gasteiger partial charge in [0.2, 0.25) is 0 Å². The topological polar surface area (TPSA) is 89.1 Å². The molecule has 0 saturated heterocycles. The molecule has 0 fully saturated rings. The predicted molar refractivity (Wildman–Crippen MR) is 69.6 cm³/mol. The summed E-state index contributed by atoms with van der Waals surface area (Å²) in [5.41, 5.74) is 2.29. The molecule has 0 atom stereocenters. The molecule has 0 saturated carbocycles. The Bertz CT molecular complexity index is 697. The third kappa shape index (κ3) is 2.55. The maximum Gasteiger partial charge on any atom is 0.493 e. The number of nitrogens with two attached hydrogens (primary N) is 1. The summed E-state index contributed by atoms with van der Waals surface area (Å²) in [4.78, 5) is 2.79. The Labute approximate surface area is 111 Å². The minimum absolute atomic E-state index is 0.0422. The molecule has 0 aliphatic rings. The van der Waals surface area contributed by atoms with E-state index in [1.807, 2.05) is 6.92 Å². The van der Waals surface area contributed by atoms with E-state index in [1.165, 1.54) is 12.4 Å². The van der Waals surface area contributed by atoms with Crippen LogP contribution < -0.4 is 14.7 Å². The number of aromatic nitrogens is 2. The van der Waals surface area contributed by atoms with Gasteiger partial charge in [0.25, 0.3) is 0 Å². The monoisotopic (exact) mass is 282 g/mol. The first-order valence-corrected chi connectivity index (χ1v) is 7.08. The van der Waals surface area contributed by atoms with Crippen molar-refractivity contribution < 1.29 is 17.3 Å². The van der Waals surface area contributed by atoms with E-state index in [2.05, 4.69) is 4.98 Å². The molecule has 2 rings (SSSR count). The van der Waals surface area contributed by atoms with Crippen LogP contribution in [0.3, 0.4) is 0 Å². The lowest BCUT2D eigenvalue weighted by Crippen LogP contribution is -2.44. The standard InChI is InChI=1S/C12H15N3O3S/c1-8-6-9(2)11(10(3)7-8)19(16,17)18-12-14-4-5-15(12)13/h4-7H,13H2,1-3H3/p+1. The molecule has 19 heavy (non-hydrogen) atoms. The van der Waals surface area contributed by atoms with Gasteiger partial charge in [-0.05, 0) is 31.9 Å². The number of aryl methyl sites for hydroxylation is 3. The van der Waals surface area contributed by atoms with E-state index in [1.54, 1.807) is 26.0 Å². The Hall–Kier alpha value is -2.02.